The van der Waals surface area contributed by atoms with Gasteiger partial charge in [-0.2, -0.15) is 0 Å². The Labute approximate surface area is 143 Å². The number of nitrogens with zero attached hydrogens (tertiary/aromatic N) is 1. The predicted octanol–water partition coefficient (Wildman–Crippen LogP) is 4.92. The summed E-state index contributed by atoms with van der Waals surface area (Å²) in [4.78, 5) is 0. The van der Waals surface area contributed by atoms with Crippen molar-refractivity contribution in [1.82, 2.24) is 0 Å². The molecule has 122 valence electrons. The van der Waals surface area contributed by atoms with Gasteiger partial charge in [-0.3, -0.25) is 0 Å². The molecule has 0 aliphatic carbocycles. The third-order valence-corrected chi connectivity index (χ3v) is 3.60. The summed E-state index contributed by atoms with van der Waals surface area (Å²) in [7, 11) is 0. The number of rotatable bonds is 6. The lowest BCUT2D eigenvalue weighted by molar-refractivity contribution is 0.266. The van der Waals surface area contributed by atoms with Crippen LogP contribution in [0.4, 0.5) is 4.39 Å². The summed E-state index contributed by atoms with van der Waals surface area (Å²) in [5.41, 5.74) is 0.769. The van der Waals surface area contributed by atoms with Gasteiger partial charge >= 0.3 is 0 Å². The molecule has 0 saturated heterocycles. The molecule has 0 saturated carbocycles. The molecule has 0 fully saturated rings. The van der Waals surface area contributed by atoms with E-state index in [1.807, 2.05) is 0 Å². The van der Waals surface area contributed by atoms with Crippen LogP contribution in [0.5, 0.6) is 11.5 Å². The van der Waals surface area contributed by atoms with Crippen molar-refractivity contribution >= 4 is 29.4 Å². The summed E-state index contributed by atoms with van der Waals surface area (Å²) in [5.74, 6) is 0.168. The van der Waals surface area contributed by atoms with E-state index in [1.165, 1.54) is 18.3 Å². The van der Waals surface area contributed by atoms with Gasteiger partial charge in [-0.1, -0.05) is 34.4 Å². The molecule has 0 unspecified atom stereocenters. The molecule has 0 bridgehead atoms. The van der Waals surface area contributed by atoms with Gasteiger partial charge in [0, 0.05) is 11.1 Å². The molecule has 0 amide bonds. The van der Waals surface area contributed by atoms with Gasteiger partial charge in [0.25, 0.3) is 0 Å². The van der Waals surface area contributed by atoms with Crippen molar-refractivity contribution < 1.29 is 19.1 Å². The molecule has 0 spiro atoms. The molecule has 0 atom stereocenters. The molecule has 2 rings (SSSR count). The van der Waals surface area contributed by atoms with Gasteiger partial charge in [0.05, 0.1) is 22.9 Å². The van der Waals surface area contributed by atoms with Gasteiger partial charge in [0.15, 0.2) is 11.5 Å². The highest BCUT2D eigenvalue weighted by molar-refractivity contribution is 6.32. The Balaban J connectivity index is 2.31. The van der Waals surface area contributed by atoms with Gasteiger partial charge in [-0.05, 0) is 31.2 Å². The molecular formula is C16H14Cl2FNO3. The average Bonchev–Trinajstić information content (AvgIpc) is 2.49. The fraction of sp³-hybridized carbons (Fsp3) is 0.188. The Morgan fingerprint density at radius 3 is 2.65 bits per heavy atom. The third kappa shape index (κ3) is 4.27. The Bertz CT molecular complexity index is 702. The van der Waals surface area contributed by atoms with E-state index >= 15 is 0 Å². The molecular weight excluding hydrogens is 344 g/mol. The van der Waals surface area contributed by atoms with Crippen LogP contribution >= 0.6 is 23.2 Å². The summed E-state index contributed by atoms with van der Waals surface area (Å²) in [6, 6.07) is 7.55. The van der Waals surface area contributed by atoms with E-state index in [1.54, 1.807) is 25.1 Å². The minimum atomic E-state index is -0.462. The number of halogens is 3. The van der Waals surface area contributed by atoms with Crippen molar-refractivity contribution in [3.63, 3.8) is 0 Å². The van der Waals surface area contributed by atoms with Gasteiger partial charge in [0.1, 0.15) is 12.4 Å². The maximum atomic E-state index is 13.8. The average molecular weight is 358 g/mol. The van der Waals surface area contributed by atoms with Gasteiger partial charge < -0.3 is 14.7 Å². The number of hydrogen-bond donors (Lipinski definition) is 1. The molecule has 4 nitrogen and oxygen atoms in total. The lowest BCUT2D eigenvalue weighted by Crippen LogP contribution is -2.03. The number of ether oxygens (including phenoxy) is 2. The molecule has 1 N–H and O–H groups in total. The fourth-order valence-electron chi connectivity index (χ4n) is 1.95. The molecule has 0 aromatic heterocycles. The minimum absolute atomic E-state index is 0.0985. The lowest BCUT2D eigenvalue weighted by Gasteiger charge is -2.15. The van der Waals surface area contributed by atoms with E-state index in [0.29, 0.717) is 17.9 Å². The van der Waals surface area contributed by atoms with Crippen LogP contribution in [0.3, 0.4) is 0 Å². The molecule has 0 heterocycles. The van der Waals surface area contributed by atoms with Crippen molar-refractivity contribution in [1.29, 1.82) is 0 Å². The zero-order chi connectivity index (χ0) is 16.8. The van der Waals surface area contributed by atoms with Crippen LogP contribution in [0.25, 0.3) is 0 Å². The molecule has 0 aliphatic heterocycles. The van der Waals surface area contributed by atoms with E-state index in [4.69, 9.17) is 37.9 Å². The highest BCUT2D eigenvalue weighted by Gasteiger charge is 2.15. The molecule has 2 aromatic carbocycles. The fourth-order valence-corrected chi connectivity index (χ4v) is 2.44. The first-order chi connectivity index (χ1) is 11.1. The Morgan fingerprint density at radius 2 is 2.00 bits per heavy atom. The quantitative estimate of drug-likeness (QED) is 0.453. The van der Waals surface area contributed by atoms with Gasteiger partial charge in [-0.25, -0.2) is 4.39 Å². The molecule has 2 aromatic rings. The monoisotopic (exact) mass is 357 g/mol. The molecule has 0 aliphatic rings. The van der Waals surface area contributed by atoms with E-state index in [0.717, 1.165) is 0 Å². The maximum absolute atomic E-state index is 13.8. The number of benzene rings is 2. The molecule has 0 radical (unpaired) electrons. The standard InChI is InChI=1S/C16H14Cl2FNO3/c1-2-22-15-7-10(8-20-21)6-13(18)16(15)23-9-11-12(17)4-3-5-14(11)19/h3-8,21H,2,9H2,1H3. The van der Waals surface area contributed by atoms with Crippen molar-refractivity contribution in [3.8, 4) is 11.5 Å². The second-order valence-corrected chi connectivity index (χ2v) is 5.31. The highest BCUT2D eigenvalue weighted by atomic mass is 35.5. The first kappa shape index (κ1) is 17.4. The summed E-state index contributed by atoms with van der Waals surface area (Å²) in [5, 5.41) is 12.1. The topological polar surface area (TPSA) is 51.0 Å². The Kier molecular flexibility index (Phi) is 6.07. The Morgan fingerprint density at radius 1 is 1.22 bits per heavy atom. The second kappa shape index (κ2) is 8.04. The van der Waals surface area contributed by atoms with Gasteiger partial charge in [0.2, 0.25) is 0 Å². The SMILES string of the molecule is CCOc1cc(C=NO)cc(Cl)c1OCc1c(F)cccc1Cl. The van der Waals surface area contributed by atoms with Crippen LogP contribution in [0.2, 0.25) is 10.0 Å². The van der Waals surface area contributed by atoms with Crippen molar-refractivity contribution in [3.05, 3.63) is 57.3 Å². The number of oxime groups is 1. The van der Waals surface area contributed by atoms with Crippen molar-refractivity contribution in [2.75, 3.05) is 6.61 Å². The second-order valence-electron chi connectivity index (χ2n) is 4.50. The van der Waals surface area contributed by atoms with E-state index < -0.39 is 5.82 Å². The number of hydrogen-bond acceptors (Lipinski definition) is 4. The zero-order valence-electron chi connectivity index (χ0n) is 12.2. The summed E-state index contributed by atoms with van der Waals surface area (Å²) >= 11 is 12.2. The summed E-state index contributed by atoms with van der Waals surface area (Å²) in [6.45, 7) is 2.09. The predicted molar refractivity (Wildman–Crippen MR) is 87.7 cm³/mol. The van der Waals surface area contributed by atoms with Crippen LogP contribution in [0.15, 0.2) is 35.5 Å². The molecule has 23 heavy (non-hydrogen) atoms. The molecule has 7 heteroatoms. The van der Waals surface area contributed by atoms with Crippen LogP contribution < -0.4 is 9.47 Å². The first-order valence-electron chi connectivity index (χ1n) is 6.76. The van der Waals surface area contributed by atoms with Crippen LogP contribution in [-0.2, 0) is 6.61 Å². The smallest absolute Gasteiger partial charge is 0.180 e. The maximum Gasteiger partial charge on any atom is 0.180 e. The normalized spacial score (nSPS) is 11.0. The Hall–Kier alpha value is -1.98. The zero-order valence-corrected chi connectivity index (χ0v) is 13.7. The third-order valence-electron chi connectivity index (χ3n) is 2.96. The van der Waals surface area contributed by atoms with Crippen molar-refractivity contribution in [2.24, 2.45) is 5.16 Å². The first-order valence-corrected chi connectivity index (χ1v) is 7.51. The van der Waals surface area contributed by atoms with E-state index in [2.05, 4.69) is 5.16 Å². The minimum Gasteiger partial charge on any atom is -0.490 e. The largest absolute Gasteiger partial charge is 0.490 e. The summed E-state index contributed by atoms with van der Waals surface area (Å²) < 4.78 is 24.9. The van der Waals surface area contributed by atoms with Crippen LogP contribution in [0, 0.1) is 5.82 Å². The van der Waals surface area contributed by atoms with Crippen molar-refractivity contribution in [2.45, 2.75) is 13.5 Å². The highest BCUT2D eigenvalue weighted by Crippen LogP contribution is 2.37. The lowest BCUT2D eigenvalue weighted by atomic mass is 10.2. The van der Waals surface area contributed by atoms with Gasteiger partial charge in [-0.15, -0.1) is 0 Å². The van der Waals surface area contributed by atoms with E-state index in [-0.39, 0.29) is 28.0 Å². The van der Waals surface area contributed by atoms with E-state index in [9.17, 15) is 4.39 Å². The van der Waals surface area contributed by atoms with Crippen LogP contribution in [0.1, 0.15) is 18.1 Å². The van der Waals surface area contributed by atoms with Crippen LogP contribution in [-0.4, -0.2) is 18.0 Å². The summed E-state index contributed by atoms with van der Waals surface area (Å²) in [6.07, 6.45) is 1.21.